The van der Waals surface area contributed by atoms with Gasteiger partial charge in [0.2, 0.25) is 0 Å². The van der Waals surface area contributed by atoms with E-state index >= 15 is 0 Å². The summed E-state index contributed by atoms with van der Waals surface area (Å²) in [4.78, 5) is 24.1. The summed E-state index contributed by atoms with van der Waals surface area (Å²) in [5.41, 5.74) is 6.33. The van der Waals surface area contributed by atoms with Crippen LogP contribution >= 0.6 is 0 Å². The number of amides is 2. The molecule has 110 valence electrons. The van der Waals surface area contributed by atoms with E-state index in [1.54, 1.807) is 4.90 Å². The zero-order valence-electron chi connectivity index (χ0n) is 11.0. The van der Waals surface area contributed by atoms with Crippen LogP contribution in [0.1, 0.15) is 18.5 Å². The molecule has 2 rings (SSSR count). The second kappa shape index (κ2) is 6.33. The SMILES string of the molecule is NC1CCCN(C(=O)NCc2cn(CC(=O)O)nn2)C1. The Morgan fingerprint density at radius 1 is 1.55 bits per heavy atom. The molecule has 0 saturated carbocycles. The monoisotopic (exact) mass is 282 g/mol. The van der Waals surface area contributed by atoms with E-state index in [1.165, 1.54) is 10.9 Å². The Labute approximate surface area is 115 Å². The Morgan fingerprint density at radius 3 is 3.05 bits per heavy atom. The van der Waals surface area contributed by atoms with Crippen molar-refractivity contribution in [3.63, 3.8) is 0 Å². The van der Waals surface area contributed by atoms with Crippen LogP contribution in [0, 0.1) is 0 Å². The number of aliphatic carboxylic acids is 1. The molecule has 9 heteroatoms. The molecule has 1 aliphatic heterocycles. The second-order valence-corrected chi connectivity index (χ2v) is 4.81. The van der Waals surface area contributed by atoms with Gasteiger partial charge in [0.15, 0.2) is 0 Å². The molecule has 0 spiro atoms. The molecule has 1 unspecified atom stereocenters. The van der Waals surface area contributed by atoms with E-state index in [1.807, 2.05) is 0 Å². The van der Waals surface area contributed by atoms with Crippen LogP contribution in [0.4, 0.5) is 4.79 Å². The average molecular weight is 282 g/mol. The Morgan fingerprint density at radius 2 is 2.35 bits per heavy atom. The third-order valence-corrected chi connectivity index (χ3v) is 3.05. The summed E-state index contributed by atoms with van der Waals surface area (Å²) >= 11 is 0. The highest BCUT2D eigenvalue weighted by Gasteiger charge is 2.21. The summed E-state index contributed by atoms with van der Waals surface area (Å²) in [7, 11) is 0. The third kappa shape index (κ3) is 3.92. The number of carboxylic acids is 1. The number of nitrogens with one attached hydrogen (secondary N) is 1. The molecule has 0 radical (unpaired) electrons. The lowest BCUT2D eigenvalue weighted by molar-refractivity contribution is -0.137. The van der Waals surface area contributed by atoms with Crippen molar-refractivity contribution in [2.45, 2.75) is 32.0 Å². The summed E-state index contributed by atoms with van der Waals surface area (Å²) in [5, 5.41) is 18.8. The van der Waals surface area contributed by atoms with Crippen molar-refractivity contribution in [1.82, 2.24) is 25.2 Å². The molecule has 0 aromatic carbocycles. The fourth-order valence-electron chi connectivity index (χ4n) is 2.11. The van der Waals surface area contributed by atoms with Gasteiger partial charge in [0.1, 0.15) is 12.2 Å². The lowest BCUT2D eigenvalue weighted by Crippen LogP contribution is -2.49. The number of carbonyl (C=O) groups excluding carboxylic acids is 1. The van der Waals surface area contributed by atoms with Gasteiger partial charge in [-0.3, -0.25) is 4.79 Å². The maximum atomic E-state index is 11.9. The van der Waals surface area contributed by atoms with Gasteiger partial charge in [-0.1, -0.05) is 5.21 Å². The van der Waals surface area contributed by atoms with Crippen LogP contribution in [0.25, 0.3) is 0 Å². The van der Waals surface area contributed by atoms with E-state index < -0.39 is 5.97 Å². The molecular weight excluding hydrogens is 264 g/mol. The normalized spacial score (nSPS) is 18.9. The summed E-state index contributed by atoms with van der Waals surface area (Å²) in [6, 6.07) is -0.154. The largest absolute Gasteiger partial charge is 0.480 e. The molecule has 0 aliphatic carbocycles. The molecular formula is C11H18N6O3. The molecule has 1 atom stereocenters. The van der Waals surface area contributed by atoms with E-state index in [0.29, 0.717) is 18.8 Å². The quantitative estimate of drug-likeness (QED) is 0.650. The first-order valence-corrected chi connectivity index (χ1v) is 6.44. The van der Waals surface area contributed by atoms with Crippen LogP contribution in [0.3, 0.4) is 0 Å². The van der Waals surface area contributed by atoms with E-state index in [2.05, 4.69) is 15.6 Å². The Balaban J connectivity index is 1.80. The van der Waals surface area contributed by atoms with Crippen LogP contribution < -0.4 is 11.1 Å². The fraction of sp³-hybridized carbons (Fsp3) is 0.636. The van der Waals surface area contributed by atoms with Crippen LogP contribution in [0.5, 0.6) is 0 Å². The minimum absolute atomic E-state index is 0.0333. The molecule has 1 aromatic heterocycles. The lowest BCUT2D eigenvalue weighted by atomic mass is 10.1. The molecule has 1 fully saturated rings. The first-order valence-electron chi connectivity index (χ1n) is 6.44. The molecule has 4 N–H and O–H groups in total. The van der Waals surface area contributed by atoms with E-state index in [-0.39, 0.29) is 25.2 Å². The predicted octanol–water partition coefficient (Wildman–Crippen LogP) is -1.00. The minimum atomic E-state index is -0.993. The zero-order chi connectivity index (χ0) is 14.5. The maximum Gasteiger partial charge on any atom is 0.325 e. The molecule has 1 saturated heterocycles. The van der Waals surface area contributed by atoms with Crippen molar-refractivity contribution in [3.05, 3.63) is 11.9 Å². The zero-order valence-corrected chi connectivity index (χ0v) is 11.0. The van der Waals surface area contributed by atoms with Gasteiger partial charge in [0.25, 0.3) is 0 Å². The number of piperidine rings is 1. The summed E-state index contributed by atoms with van der Waals surface area (Å²) in [6.07, 6.45) is 3.34. The van der Waals surface area contributed by atoms with Crippen molar-refractivity contribution < 1.29 is 14.7 Å². The van der Waals surface area contributed by atoms with Crippen molar-refractivity contribution in [3.8, 4) is 0 Å². The first kappa shape index (κ1) is 14.3. The maximum absolute atomic E-state index is 11.9. The number of rotatable bonds is 4. The smallest absolute Gasteiger partial charge is 0.325 e. The molecule has 2 amide bonds. The van der Waals surface area contributed by atoms with Gasteiger partial charge >= 0.3 is 12.0 Å². The van der Waals surface area contributed by atoms with Gasteiger partial charge in [-0.15, -0.1) is 5.10 Å². The number of carbonyl (C=O) groups is 2. The Hall–Kier alpha value is -2.16. The van der Waals surface area contributed by atoms with Gasteiger partial charge in [-0.2, -0.15) is 0 Å². The molecule has 0 bridgehead atoms. The topological polar surface area (TPSA) is 126 Å². The number of urea groups is 1. The van der Waals surface area contributed by atoms with Crippen LogP contribution in [0.2, 0.25) is 0 Å². The van der Waals surface area contributed by atoms with E-state index in [0.717, 1.165) is 12.8 Å². The number of nitrogens with two attached hydrogens (primary N) is 1. The number of hydrogen-bond donors (Lipinski definition) is 3. The van der Waals surface area contributed by atoms with Crippen molar-refractivity contribution in [2.24, 2.45) is 5.73 Å². The third-order valence-electron chi connectivity index (χ3n) is 3.05. The standard InChI is InChI=1S/C11H18N6O3/c12-8-2-1-3-16(5-8)11(20)13-4-9-6-17(15-14-9)7-10(18)19/h6,8H,1-5,7,12H2,(H,13,20)(H,18,19). The van der Waals surface area contributed by atoms with Crippen LogP contribution in [0.15, 0.2) is 6.20 Å². The van der Waals surface area contributed by atoms with Crippen LogP contribution in [-0.2, 0) is 17.9 Å². The highest BCUT2D eigenvalue weighted by atomic mass is 16.4. The predicted molar refractivity (Wildman–Crippen MR) is 68.7 cm³/mol. The minimum Gasteiger partial charge on any atom is -0.480 e. The van der Waals surface area contributed by atoms with Gasteiger partial charge in [-0.25, -0.2) is 9.48 Å². The molecule has 9 nitrogen and oxygen atoms in total. The Kier molecular flexibility index (Phi) is 4.51. The first-order chi connectivity index (χ1) is 9.54. The van der Waals surface area contributed by atoms with E-state index in [4.69, 9.17) is 10.8 Å². The van der Waals surface area contributed by atoms with Crippen molar-refractivity contribution in [2.75, 3.05) is 13.1 Å². The molecule has 1 aliphatic rings. The number of likely N-dealkylation sites (tertiary alicyclic amines) is 1. The Bertz CT molecular complexity index is 488. The average Bonchev–Trinajstić information content (AvgIpc) is 2.82. The van der Waals surface area contributed by atoms with Gasteiger partial charge in [-0.05, 0) is 12.8 Å². The number of aromatic nitrogens is 3. The van der Waals surface area contributed by atoms with Crippen molar-refractivity contribution in [1.29, 1.82) is 0 Å². The number of carboxylic acid groups (broad SMARTS) is 1. The second-order valence-electron chi connectivity index (χ2n) is 4.81. The fourth-order valence-corrected chi connectivity index (χ4v) is 2.11. The summed E-state index contributed by atoms with van der Waals surface area (Å²) < 4.78 is 1.21. The molecule has 2 heterocycles. The summed E-state index contributed by atoms with van der Waals surface area (Å²) in [6.45, 7) is 1.22. The van der Waals surface area contributed by atoms with E-state index in [9.17, 15) is 9.59 Å². The van der Waals surface area contributed by atoms with Gasteiger partial charge in [0, 0.05) is 19.1 Å². The highest BCUT2D eigenvalue weighted by Crippen LogP contribution is 2.08. The van der Waals surface area contributed by atoms with Gasteiger partial charge in [0.05, 0.1) is 12.7 Å². The highest BCUT2D eigenvalue weighted by molar-refractivity contribution is 5.74. The summed E-state index contributed by atoms with van der Waals surface area (Å²) in [5.74, 6) is -0.993. The molecule has 1 aromatic rings. The lowest BCUT2D eigenvalue weighted by Gasteiger charge is -2.30. The number of nitrogens with zero attached hydrogens (tertiary/aromatic N) is 4. The number of hydrogen-bond acceptors (Lipinski definition) is 5. The van der Waals surface area contributed by atoms with Gasteiger partial charge < -0.3 is 21.1 Å². The van der Waals surface area contributed by atoms with Crippen molar-refractivity contribution >= 4 is 12.0 Å². The van der Waals surface area contributed by atoms with Crippen LogP contribution in [-0.4, -0.2) is 56.1 Å². The molecule has 20 heavy (non-hydrogen) atoms.